The van der Waals surface area contributed by atoms with Gasteiger partial charge in [0, 0.05) is 44.8 Å². The summed E-state index contributed by atoms with van der Waals surface area (Å²) in [7, 11) is -3.55. The highest BCUT2D eigenvalue weighted by atomic mass is 32.2. The summed E-state index contributed by atoms with van der Waals surface area (Å²) in [5, 5.41) is 0. The van der Waals surface area contributed by atoms with Crippen molar-refractivity contribution < 1.29 is 13.2 Å². The number of carbonyl (C=O) groups is 1. The molecule has 0 spiro atoms. The molecule has 0 aromatic heterocycles. The molecular weight excluding hydrogens is 338 g/mol. The van der Waals surface area contributed by atoms with Crippen molar-refractivity contribution in [3.05, 3.63) is 29.3 Å². The molecule has 2 fully saturated rings. The summed E-state index contributed by atoms with van der Waals surface area (Å²) in [6, 6.07) is 4.94. The Bertz CT molecular complexity index is 734. The molecule has 7 heteroatoms. The molecule has 1 amide bonds. The molecule has 2 aliphatic rings. The van der Waals surface area contributed by atoms with Crippen LogP contribution in [0, 0.1) is 6.92 Å². The molecule has 6 nitrogen and oxygen atoms in total. The van der Waals surface area contributed by atoms with E-state index in [9.17, 15) is 13.2 Å². The molecule has 0 atom stereocenters. The van der Waals surface area contributed by atoms with Gasteiger partial charge >= 0.3 is 0 Å². The van der Waals surface area contributed by atoms with Gasteiger partial charge in [0.25, 0.3) is 5.91 Å². The summed E-state index contributed by atoms with van der Waals surface area (Å²) in [6.45, 7) is 8.90. The molecule has 1 aromatic rings. The van der Waals surface area contributed by atoms with Crippen LogP contribution in [0.4, 0.5) is 0 Å². The Morgan fingerprint density at radius 3 is 2.28 bits per heavy atom. The summed E-state index contributed by atoms with van der Waals surface area (Å²) in [5.41, 5.74) is 1.34. The number of likely N-dealkylation sites (tertiary alicyclic amines) is 1. The minimum Gasteiger partial charge on any atom is -0.339 e. The molecule has 25 heavy (non-hydrogen) atoms. The average Bonchev–Trinajstić information content (AvgIpc) is 3.16. The van der Waals surface area contributed by atoms with Crippen molar-refractivity contribution in [2.75, 3.05) is 45.8 Å². The van der Waals surface area contributed by atoms with Gasteiger partial charge in [-0.05, 0) is 44.0 Å². The van der Waals surface area contributed by atoms with Gasteiger partial charge in [0.15, 0.2) is 0 Å². The molecule has 138 valence electrons. The lowest BCUT2D eigenvalue weighted by molar-refractivity contribution is 0.0792. The van der Waals surface area contributed by atoms with E-state index in [-0.39, 0.29) is 10.8 Å². The molecule has 0 saturated carbocycles. The predicted octanol–water partition coefficient (Wildman–Crippen LogP) is 1.56. The molecular formula is C18H27N3O3S. The van der Waals surface area contributed by atoms with Gasteiger partial charge in [-0.1, -0.05) is 13.0 Å². The summed E-state index contributed by atoms with van der Waals surface area (Å²) < 4.78 is 27.5. The summed E-state index contributed by atoms with van der Waals surface area (Å²) >= 11 is 0. The van der Waals surface area contributed by atoms with Crippen LogP contribution < -0.4 is 0 Å². The zero-order chi connectivity index (χ0) is 18.0. The Hall–Kier alpha value is -1.44. The normalized spacial score (nSPS) is 20.2. The van der Waals surface area contributed by atoms with Gasteiger partial charge in [0.1, 0.15) is 0 Å². The fraction of sp³-hybridized carbons (Fsp3) is 0.611. The maximum absolute atomic E-state index is 13.0. The van der Waals surface area contributed by atoms with Crippen molar-refractivity contribution in [3.63, 3.8) is 0 Å². The van der Waals surface area contributed by atoms with E-state index >= 15 is 0 Å². The van der Waals surface area contributed by atoms with Crippen LogP contribution in [0.15, 0.2) is 23.1 Å². The van der Waals surface area contributed by atoms with E-state index in [4.69, 9.17) is 0 Å². The minimum atomic E-state index is -3.55. The van der Waals surface area contributed by atoms with Crippen LogP contribution in [0.25, 0.3) is 0 Å². The molecule has 2 saturated heterocycles. The lowest BCUT2D eigenvalue weighted by Crippen LogP contribution is -2.48. The number of nitrogens with zero attached hydrogens (tertiary/aromatic N) is 3. The van der Waals surface area contributed by atoms with Crippen molar-refractivity contribution in [1.29, 1.82) is 0 Å². The maximum atomic E-state index is 13.0. The third-order valence-electron chi connectivity index (χ3n) is 5.25. The van der Waals surface area contributed by atoms with Crippen LogP contribution in [0.2, 0.25) is 0 Å². The van der Waals surface area contributed by atoms with E-state index in [0.717, 1.165) is 51.1 Å². The van der Waals surface area contributed by atoms with Gasteiger partial charge in [0.2, 0.25) is 10.0 Å². The first-order valence-electron chi connectivity index (χ1n) is 9.06. The van der Waals surface area contributed by atoms with E-state index in [1.54, 1.807) is 18.2 Å². The molecule has 0 bridgehead atoms. The number of benzene rings is 1. The van der Waals surface area contributed by atoms with Crippen molar-refractivity contribution in [2.45, 2.75) is 31.6 Å². The minimum absolute atomic E-state index is 0.0529. The van der Waals surface area contributed by atoms with Crippen LogP contribution >= 0.6 is 0 Å². The topological polar surface area (TPSA) is 60.9 Å². The fourth-order valence-electron chi connectivity index (χ4n) is 3.52. The SMILES string of the molecule is CCN1CCN(S(=O)(=O)c2ccc(C)c(C(=O)N3CCCC3)c2)CC1. The van der Waals surface area contributed by atoms with Crippen LogP contribution in [0.1, 0.15) is 35.7 Å². The van der Waals surface area contributed by atoms with Crippen LogP contribution in [-0.2, 0) is 10.0 Å². The summed E-state index contributed by atoms with van der Waals surface area (Å²) in [6.07, 6.45) is 2.04. The molecule has 0 N–H and O–H groups in total. The van der Waals surface area contributed by atoms with Gasteiger partial charge in [-0.2, -0.15) is 4.31 Å². The van der Waals surface area contributed by atoms with Crippen LogP contribution in [0.5, 0.6) is 0 Å². The first-order chi connectivity index (χ1) is 11.9. The van der Waals surface area contributed by atoms with Gasteiger partial charge in [-0.15, -0.1) is 0 Å². The fourth-order valence-corrected chi connectivity index (χ4v) is 4.97. The predicted molar refractivity (Wildman–Crippen MR) is 97.2 cm³/mol. The molecule has 2 aliphatic heterocycles. The quantitative estimate of drug-likeness (QED) is 0.812. The largest absolute Gasteiger partial charge is 0.339 e. The van der Waals surface area contributed by atoms with E-state index in [1.165, 1.54) is 4.31 Å². The number of sulfonamides is 1. The van der Waals surface area contributed by atoms with Crippen LogP contribution in [0.3, 0.4) is 0 Å². The number of piperazine rings is 1. The third kappa shape index (κ3) is 3.73. The van der Waals surface area contributed by atoms with Crippen molar-refractivity contribution in [2.24, 2.45) is 0 Å². The first kappa shape index (κ1) is 18.4. The van der Waals surface area contributed by atoms with E-state index in [0.29, 0.717) is 18.7 Å². The molecule has 0 radical (unpaired) electrons. The van der Waals surface area contributed by atoms with Crippen LogP contribution in [-0.4, -0.2) is 74.2 Å². The number of amides is 1. The van der Waals surface area contributed by atoms with E-state index in [1.807, 2.05) is 11.8 Å². The summed E-state index contributed by atoms with van der Waals surface area (Å²) in [5.74, 6) is -0.0529. The van der Waals surface area contributed by atoms with Crippen molar-refractivity contribution >= 4 is 15.9 Å². The van der Waals surface area contributed by atoms with E-state index in [2.05, 4.69) is 11.8 Å². The van der Waals surface area contributed by atoms with Gasteiger partial charge in [-0.25, -0.2) is 8.42 Å². The number of carbonyl (C=O) groups excluding carboxylic acids is 1. The van der Waals surface area contributed by atoms with Gasteiger partial charge < -0.3 is 9.80 Å². The second kappa shape index (κ2) is 7.43. The standard InChI is InChI=1S/C18H27N3O3S/c1-3-19-10-12-21(13-11-19)25(23,24)16-7-6-15(2)17(14-16)18(22)20-8-4-5-9-20/h6-7,14H,3-5,8-13H2,1-2H3. The lowest BCUT2D eigenvalue weighted by Gasteiger charge is -2.33. The third-order valence-corrected chi connectivity index (χ3v) is 7.14. The molecule has 3 rings (SSSR count). The monoisotopic (exact) mass is 365 g/mol. The highest BCUT2D eigenvalue weighted by Gasteiger charge is 2.29. The number of rotatable bonds is 4. The van der Waals surface area contributed by atoms with Gasteiger partial charge in [-0.3, -0.25) is 4.79 Å². The van der Waals surface area contributed by atoms with Gasteiger partial charge in [0.05, 0.1) is 4.90 Å². The zero-order valence-corrected chi connectivity index (χ0v) is 15.9. The highest BCUT2D eigenvalue weighted by molar-refractivity contribution is 7.89. The Morgan fingerprint density at radius 1 is 1.04 bits per heavy atom. The average molecular weight is 365 g/mol. The van der Waals surface area contributed by atoms with Crippen molar-refractivity contribution in [3.8, 4) is 0 Å². The molecule has 0 unspecified atom stereocenters. The Kier molecular flexibility index (Phi) is 5.46. The Morgan fingerprint density at radius 2 is 1.68 bits per heavy atom. The van der Waals surface area contributed by atoms with E-state index < -0.39 is 10.0 Å². The zero-order valence-electron chi connectivity index (χ0n) is 15.1. The Balaban J connectivity index is 1.84. The number of aryl methyl sites for hydroxylation is 1. The lowest BCUT2D eigenvalue weighted by atomic mass is 10.1. The number of hydrogen-bond donors (Lipinski definition) is 0. The first-order valence-corrected chi connectivity index (χ1v) is 10.5. The maximum Gasteiger partial charge on any atom is 0.254 e. The van der Waals surface area contributed by atoms with Crippen molar-refractivity contribution in [1.82, 2.24) is 14.1 Å². The number of hydrogen-bond acceptors (Lipinski definition) is 4. The molecule has 0 aliphatic carbocycles. The highest BCUT2D eigenvalue weighted by Crippen LogP contribution is 2.23. The second-order valence-electron chi connectivity index (χ2n) is 6.81. The second-order valence-corrected chi connectivity index (χ2v) is 8.75. The molecule has 1 aromatic carbocycles. The Labute approximate surface area is 150 Å². The molecule has 2 heterocycles. The number of likely N-dealkylation sites (N-methyl/N-ethyl adjacent to an activating group) is 1. The smallest absolute Gasteiger partial charge is 0.254 e. The summed E-state index contributed by atoms with van der Waals surface area (Å²) in [4.78, 5) is 17.0.